The molecule has 0 unspecified atom stereocenters. The number of sulfonamides is 1. The third-order valence-corrected chi connectivity index (χ3v) is 5.47. The maximum absolute atomic E-state index is 12.7. The van der Waals surface area contributed by atoms with Gasteiger partial charge in [-0.2, -0.15) is 0 Å². The van der Waals surface area contributed by atoms with Crippen molar-refractivity contribution in [2.45, 2.75) is 19.3 Å². The van der Waals surface area contributed by atoms with Crippen molar-refractivity contribution in [3.05, 3.63) is 42.5 Å². The third-order valence-electron chi connectivity index (χ3n) is 4.22. The van der Waals surface area contributed by atoms with Crippen LogP contribution in [0.3, 0.4) is 0 Å². The largest absolute Gasteiger partial charge is 0.573 e. The Balaban J connectivity index is 1.79. The van der Waals surface area contributed by atoms with Crippen molar-refractivity contribution in [1.29, 1.82) is 0 Å². The van der Waals surface area contributed by atoms with Gasteiger partial charge >= 0.3 is 6.36 Å². The Morgan fingerprint density at radius 3 is 2.29 bits per heavy atom. The second-order valence-electron chi connectivity index (χ2n) is 6.62. The molecule has 0 saturated carbocycles. The highest BCUT2D eigenvalue weighted by Gasteiger charge is 2.32. The fraction of sp³-hybridized carbons (Fsp3) is 0.316. The predicted octanol–water partition coefficient (Wildman–Crippen LogP) is 3.15. The zero-order valence-electron chi connectivity index (χ0n) is 16.5. The van der Waals surface area contributed by atoms with E-state index >= 15 is 0 Å². The molecule has 1 aliphatic rings. The van der Waals surface area contributed by atoms with Gasteiger partial charge in [0, 0.05) is 11.8 Å². The number of carbonyl (C=O) groups excluding carboxylic acids is 1. The molecular weight excluding hydrogens is 441 g/mol. The van der Waals surface area contributed by atoms with E-state index in [2.05, 4.69) is 10.1 Å². The SMILES string of the molecule is C[C@@H](C(=O)Nc1ccc(OC(F)(F)F)cc1)N(c1ccc2c(c1)OCCO2)S(C)(=O)=O. The molecule has 31 heavy (non-hydrogen) atoms. The van der Waals surface area contributed by atoms with Crippen molar-refractivity contribution in [2.24, 2.45) is 0 Å². The number of rotatable bonds is 6. The first-order chi connectivity index (χ1) is 14.4. The molecule has 2 aromatic carbocycles. The number of nitrogens with one attached hydrogen (secondary N) is 1. The van der Waals surface area contributed by atoms with Gasteiger partial charge in [0.15, 0.2) is 11.5 Å². The molecule has 0 aromatic heterocycles. The van der Waals surface area contributed by atoms with Gasteiger partial charge in [-0.15, -0.1) is 13.2 Å². The molecule has 8 nitrogen and oxygen atoms in total. The minimum absolute atomic E-state index is 0.169. The van der Waals surface area contributed by atoms with E-state index in [4.69, 9.17) is 9.47 Å². The monoisotopic (exact) mass is 460 g/mol. The fourth-order valence-electron chi connectivity index (χ4n) is 2.96. The standard InChI is InChI=1S/C19H19F3N2O6S/c1-12(18(25)23-13-3-6-15(7-4-13)30-19(20,21)22)24(31(2,26)27)14-5-8-16-17(11-14)29-10-9-28-16/h3-8,11-12H,9-10H2,1-2H3,(H,23,25)/t12-/m0/s1. The number of nitrogens with zero attached hydrogens (tertiary/aromatic N) is 1. The van der Waals surface area contributed by atoms with Crippen LogP contribution < -0.4 is 23.8 Å². The van der Waals surface area contributed by atoms with Crippen LogP contribution in [0.25, 0.3) is 0 Å². The summed E-state index contributed by atoms with van der Waals surface area (Å²) in [5, 5.41) is 2.48. The minimum atomic E-state index is -4.83. The first-order valence-electron chi connectivity index (χ1n) is 9.00. The summed E-state index contributed by atoms with van der Waals surface area (Å²) in [6, 6.07) is 7.80. The molecule has 0 spiro atoms. The number of benzene rings is 2. The number of amides is 1. The van der Waals surface area contributed by atoms with Gasteiger partial charge < -0.3 is 19.5 Å². The van der Waals surface area contributed by atoms with Crippen LogP contribution in [-0.2, 0) is 14.8 Å². The van der Waals surface area contributed by atoms with Crippen LogP contribution in [0.5, 0.6) is 17.2 Å². The summed E-state index contributed by atoms with van der Waals surface area (Å²) < 4.78 is 77.2. The van der Waals surface area contributed by atoms with Crippen LogP contribution in [0.1, 0.15) is 6.92 Å². The minimum Gasteiger partial charge on any atom is -0.486 e. The molecule has 0 bridgehead atoms. The van der Waals surface area contributed by atoms with E-state index in [9.17, 15) is 26.4 Å². The molecule has 168 valence electrons. The maximum atomic E-state index is 12.7. The summed E-state index contributed by atoms with van der Waals surface area (Å²) in [4.78, 5) is 12.7. The van der Waals surface area contributed by atoms with Crippen LogP contribution >= 0.6 is 0 Å². The van der Waals surface area contributed by atoms with E-state index in [1.807, 2.05) is 0 Å². The molecular formula is C19H19F3N2O6S. The zero-order valence-corrected chi connectivity index (χ0v) is 17.3. The van der Waals surface area contributed by atoms with Crippen LogP contribution in [0.4, 0.5) is 24.5 Å². The lowest BCUT2D eigenvalue weighted by Gasteiger charge is -2.29. The second-order valence-corrected chi connectivity index (χ2v) is 8.48. The molecule has 1 N–H and O–H groups in total. The third kappa shape index (κ3) is 5.72. The quantitative estimate of drug-likeness (QED) is 0.712. The highest BCUT2D eigenvalue weighted by Crippen LogP contribution is 2.35. The highest BCUT2D eigenvalue weighted by molar-refractivity contribution is 7.92. The Bertz CT molecular complexity index is 1060. The van der Waals surface area contributed by atoms with Gasteiger partial charge in [-0.3, -0.25) is 9.10 Å². The summed E-state index contributed by atoms with van der Waals surface area (Å²) >= 11 is 0. The lowest BCUT2D eigenvalue weighted by Crippen LogP contribution is -2.45. The van der Waals surface area contributed by atoms with E-state index in [0.29, 0.717) is 24.7 Å². The van der Waals surface area contributed by atoms with Gasteiger partial charge in [-0.25, -0.2) is 8.42 Å². The number of carbonyl (C=O) groups is 1. The molecule has 0 saturated heterocycles. The van der Waals surface area contributed by atoms with E-state index in [-0.39, 0.29) is 11.4 Å². The molecule has 2 aromatic rings. The number of halogens is 3. The molecule has 1 amide bonds. The van der Waals surface area contributed by atoms with E-state index in [1.54, 1.807) is 6.07 Å². The number of hydrogen-bond acceptors (Lipinski definition) is 6. The Kier molecular flexibility index (Phi) is 6.20. The number of hydrogen-bond donors (Lipinski definition) is 1. The second kappa shape index (κ2) is 8.53. The zero-order chi connectivity index (χ0) is 22.8. The first kappa shape index (κ1) is 22.5. The van der Waals surface area contributed by atoms with Crippen molar-refractivity contribution < 1.29 is 40.6 Å². The van der Waals surface area contributed by atoms with Gasteiger partial charge in [0.1, 0.15) is 25.0 Å². The van der Waals surface area contributed by atoms with Crippen LogP contribution in [0.2, 0.25) is 0 Å². The van der Waals surface area contributed by atoms with Crippen molar-refractivity contribution in [1.82, 2.24) is 0 Å². The summed E-state index contributed by atoms with van der Waals surface area (Å²) in [6.45, 7) is 2.06. The van der Waals surface area contributed by atoms with Crippen molar-refractivity contribution >= 4 is 27.3 Å². The highest BCUT2D eigenvalue weighted by atomic mass is 32.2. The molecule has 3 rings (SSSR count). The van der Waals surface area contributed by atoms with Crippen molar-refractivity contribution in [3.63, 3.8) is 0 Å². The van der Waals surface area contributed by atoms with Gasteiger partial charge in [0.25, 0.3) is 0 Å². The number of ether oxygens (including phenoxy) is 3. The van der Waals surface area contributed by atoms with Crippen LogP contribution in [0.15, 0.2) is 42.5 Å². The smallest absolute Gasteiger partial charge is 0.486 e. The molecule has 1 aliphatic heterocycles. The molecule has 1 heterocycles. The Morgan fingerprint density at radius 1 is 1.10 bits per heavy atom. The molecule has 0 fully saturated rings. The topological polar surface area (TPSA) is 94.2 Å². The maximum Gasteiger partial charge on any atom is 0.573 e. The summed E-state index contributed by atoms with van der Waals surface area (Å²) in [5.41, 5.74) is 0.366. The summed E-state index contributed by atoms with van der Waals surface area (Å²) in [7, 11) is -3.88. The van der Waals surface area contributed by atoms with Crippen molar-refractivity contribution in [3.8, 4) is 17.2 Å². The molecule has 0 radical (unpaired) electrons. The van der Waals surface area contributed by atoms with Gasteiger partial charge in [0.05, 0.1) is 11.9 Å². The summed E-state index contributed by atoms with van der Waals surface area (Å²) in [5.74, 6) is -0.329. The predicted molar refractivity (Wildman–Crippen MR) is 106 cm³/mol. The van der Waals surface area contributed by atoms with Gasteiger partial charge in [-0.1, -0.05) is 0 Å². The first-order valence-corrected chi connectivity index (χ1v) is 10.8. The van der Waals surface area contributed by atoms with E-state index < -0.39 is 34.1 Å². The average Bonchev–Trinajstić information content (AvgIpc) is 2.67. The Labute approximate surface area is 176 Å². The number of anilines is 2. The lowest BCUT2D eigenvalue weighted by molar-refractivity contribution is -0.274. The average molecular weight is 460 g/mol. The number of alkyl halides is 3. The van der Waals surface area contributed by atoms with Crippen molar-refractivity contribution in [2.75, 3.05) is 29.1 Å². The normalized spacial score (nSPS) is 14.5. The fourth-order valence-corrected chi connectivity index (χ4v) is 4.13. The Hall–Kier alpha value is -3.15. The lowest BCUT2D eigenvalue weighted by atomic mass is 10.2. The van der Waals surface area contributed by atoms with E-state index in [0.717, 1.165) is 22.7 Å². The molecule has 12 heteroatoms. The van der Waals surface area contributed by atoms with E-state index in [1.165, 1.54) is 31.2 Å². The number of fused-ring (bicyclic) bond motifs is 1. The van der Waals surface area contributed by atoms with Crippen LogP contribution in [-0.4, -0.2) is 46.2 Å². The summed E-state index contributed by atoms with van der Waals surface area (Å²) in [6.07, 6.45) is -3.88. The van der Waals surface area contributed by atoms with Gasteiger partial charge in [-0.05, 0) is 43.3 Å². The Morgan fingerprint density at radius 2 is 1.71 bits per heavy atom. The van der Waals surface area contributed by atoms with Gasteiger partial charge in [0.2, 0.25) is 15.9 Å². The molecule has 0 aliphatic carbocycles. The van der Waals surface area contributed by atoms with Crippen LogP contribution in [0, 0.1) is 0 Å². The molecule has 1 atom stereocenters.